The van der Waals surface area contributed by atoms with Crippen molar-refractivity contribution in [2.45, 2.75) is 6.61 Å². The molecule has 0 radical (unpaired) electrons. The maximum atomic E-state index is 9.72. The summed E-state index contributed by atoms with van der Waals surface area (Å²) < 4.78 is 12.4. The van der Waals surface area contributed by atoms with Gasteiger partial charge in [0.1, 0.15) is 17.1 Å². The van der Waals surface area contributed by atoms with E-state index < -0.39 is 0 Å². The van der Waals surface area contributed by atoms with E-state index in [1.54, 1.807) is 24.0 Å². The zero-order chi connectivity index (χ0) is 15.8. The van der Waals surface area contributed by atoms with Gasteiger partial charge in [-0.15, -0.1) is 0 Å². The molecule has 4 aromatic rings. The Balaban J connectivity index is 1.88. The van der Waals surface area contributed by atoms with Crippen molar-refractivity contribution in [3.05, 3.63) is 48.4 Å². The SMILES string of the molecule is COc1ccccc1-c1nn2c(CO)c(-c3ccco3)nc2s1. The minimum atomic E-state index is -0.174. The highest BCUT2D eigenvalue weighted by Gasteiger charge is 2.20. The Hall–Kier alpha value is -2.64. The van der Waals surface area contributed by atoms with Crippen LogP contribution in [0.4, 0.5) is 0 Å². The highest BCUT2D eigenvalue weighted by Crippen LogP contribution is 2.35. The predicted molar refractivity (Wildman–Crippen MR) is 86.5 cm³/mol. The number of aliphatic hydroxyl groups is 1. The maximum absolute atomic E-state index is 9.72. The van der Waals surface area contributed by atoms with Gasteiger partial charge in [-0.25, -0.2) is 9.50 Å². The first-order valence-corrected chi connectivity index (χ1v) is 7.80. The molecule has 23 heavy (non-hydrogen) atoms. The number of aromatic nitrogens is 3. The zero-order valence-electron chi connectivity index (χ0n) is 12.3. The molecular formula is C16H13N3O3S. The summed E-state index contributed by atoms with van der Waals surface area (Å²) in [5.41, 5.74) is 2.11. The molecule has 0 saturated heterocycles. The molecular weight excluding hydrogens is 314 g/mol. The molecule has 0 unspecified atom stereocenters. The van der Waals surface area contributed by atoms with E-state index in [0.717, 1.165) is 16.3 Å². The number of aliphatic hydroxyl groups excluding tert-OH is 1. The molecule has 0 atom stereocenters. The fourth-order valence-corrected chi connectivity index (χ4v) is 3.42. The number of furan rings is 1. The lowest BCUT2D eigenvalue weighted by molar-refractivity contribution is 0.274. The molecule has 1 N–H and O–H groups in total. The van der Waals surface area contributed by atoms with E-state index in [-0.39, 0.29) is 6.61 Å². The van der Waals surface area contributed by atoms with Gasteiger partial charge in [-0.3, -0.25) is 0 Å². The summed E-state index contributed by atoms with van der Waals surface area (Å²) in [6.07, 6.45) is 1.58. The lowest BCUT2D eigenvalue weighted by Gasteiger charge is -2.04. The monoisotopic (exact) mass is 327 g/mol. The summed E-state index contributed by atoms with van der Waals surface area (Å²) in [7, 11) is 1.63. The van der Waals surface area contributed by atoms with Gasteiger partial charge in [-0.1, -0.05) is 23.5 Å². The summed E-state index contributed by atoms with van der Waals surface area (Å²) in [4.78, 5) is 5.25. The molecule has 0 fully saturated rings. The fraction of sp³-hybridized carbons (Fsp3) is 0.125. The van der Waals surface area contributed by atoms with Crippen LogP contribution in [0, 0.1) is 0 Å². The standard InChI is InChI=1S/C16H13N3O3S/c1-21-12-6-3-2-5-10(12)15-18-19-11(9-20)14(17-16(19)23-15)13-7-4-8-22-13/h2-8,20H,9H2,1H3. The largest absolute Gasteiger partial charge is 0.496 e. The zero-order valence-corrected chi connectivity index (χ0v) is 13.1. The molecule has 0 bridgehead atoms. The van der Waals surface area contributed by atoms with Gasteiger partial charge < -0.3 is 14.3 Å². The molecule has 0 saturated carbocycles. The second kappa shape index (κ2) is 5.53. The van der Waals surface area contributed by atoms with Crippen molar-refractivity contribution in [1.29, 1.82) is 0 Å². The molecule has 6 nitrogen and oxygen atoms in total. The summed E-state index contributed by atoms with van der Waals surface area (Å²) in [6.45, 7) is -0.174. The number of ether oxygens (including phenoxy) is 1. The second-order valence-corrected chi connectivity index (χ2v) is 5.80. The number of hydrogen-bond donors (Lipinski definition) is 1. The van der Waals surface area contributed by atoms with Gasteiger partial charge in [0, 0.05) is 0 Å². The van der Waals surface area contributed by atoms with Gasteiger partial charge >= 0.3 is 0 Å². The normalized spacial score (nSPS) is 11.2. The molecule has 7 heteroatoms. The van der Waals surface area contributed by atoms with Crippen LogP contribution >= 0.6 is 11.3 Å². The van der Waals surface area contributed by atoms with E-state index in [4.69, 9.17) is 9.15 Å². The molecule has 4 rings (SSSR count). The minimum Gasteiger partial charge on any atom is -0.496 e. The van der Waals surface area contributed by atoms with E-state index in [2.05, 4.69) is 10.1 Å². The first-order chi connectivity index (χ1) is 11.3. The lowest BCUT2D eigenvalue weighted by atomic mass is 10.2. The Labute approximate surface area is 135 Å². The molecule has 0 spiro atoms. The predicted octanol–water partition coefficient (Wildman–Crippen LogP) is 3.22. The summed E-state index contributed by atoms with van der Waals surface area (Å²) in [5, 5.41) is 15.1. The Morgan fingerprint density at radius 1 is 1.26 bits per heavy atom. The van der Waals surface area contributed by atoms with Crippen LogP contribution in [-0.2, 0) is 6.61 Å². The van der Waals surface area contributed by atoms with Crippen LogP contribution in [-0.4, -0.2) is 26.8 Å². The number of benzene rings is 1. The Morgan fingerprint density at radius 2 is 2.13 bits per heavy atom. The molecule has 1 aromatic carbocycles. The number of methoxy groups -OCH3 is 1. The van der Waals surface area contributed by atoms with Crippen LogP contribution in [0.3, 0.4) is 0 Å². The van der Waals surface area contributed by atoms with Crippen LogP contribution < -0.4 is 4.74 Å². The van der Waals surface area contributed by atoms with Crippen LogP contribution in [0.2, 0.25) is 0 Å². The number of fused-ring (bicyclic) bond motifs is 1. The number of para-hydroxylation sites is 1. The highest BCUT2D eigenvalue weighted by atomic mass is 32.1. The van der Waals surface area contributed by atoms with Crippen molar-refractivity contribution in [2.75, 3.05) is 7.11 Å². The summed E-state index contributed by atoms with van der Waals surface area (Å²) in [5.74, 6) is 1.37. The third-order valence-corrected chi connectivity index (χ3v) is 4.48. The average molecular weight is 327 g/mol. The molecule has 0 aliphatic rings. The first-order valence-electron chi connectivity index (χ1n) is 6.98. The molecule has 0 amide bonds. The maximum Gasteiger partial charge on any atom is 0.213 e. The van der Waals surface area contributed by atoms with Crippen molar-refractivity contribution in [3.63, 3.8) is 0 Å². The van der Waals surface area contributed by atoms with Gasteiger partial charge in [0.2, 0.25) is 4.96 Å². The quantitative estimate of drug-likeness (QED) is 0.623. The van der Waals surface area contributed by atoms with Gasteiger partial charge in [-0.2, -0.15) is 5.10 Å². The van der Waals surface area contributed by atoms with Crippen molar-refractivity contribution < 1.29 is 14.3 Å². The van der Waals surface area contributed by atoms with Gasteiger partial charge in [0.05, 0.1) is 25.5 Å². The highest BCUT2D eigenvalue weighted by molar-refractivity contribution is 7.19. The van der Waals surface area contributed by atoms with Crippen molar-refractivity contribution in [2.24, 2.45) is 0 Å². The summed E-state index contributed by atoms with van der Waals surface area (Å²) in [6, 6.07) is 11.3. The minimum absolute atomic E-state index is 0.174. The summed E-state index contributed by atoms with van der Waals surface area (Å²) >= 11 is 1.44. The van der Waals surface area contributed by atoms with E-state index in [1.807, 2.05) is 30.3 Å². The number of nitrogens with zero attached hydrogens (tertiary/aromatic N) is 3. The second-order valence-electron chi connectivity index (χ2n) is 4.84. The van der Waals surface area contributed by atoms with Crippen molar-refractivity contribution in [3.8, 4) is 27.8 Å². The van der Waals surface area contributed by atoms with Gasteiger partial charge in [0.25, 0.3) is 0 Å². The number of hydrogen-bond acceptors (Lipinski definition) is 6. The number of imidazole rings is 1. The van der Waals surface area contributed by atoms with E-state index in [0.29, 0.717) is 22.1 Å². The van der Waals surface area contributed by atoms with Crippen LogP contribution in [0.15, 0.2) is 47.1 Å². The van der Waals surface area contributed by atoms with Crippen LogP contribution in [0.25, 0.3) is 27.0 Å². The van der Waals surface area contributed by atoms with E-state index in [1.165, 1.54) is 11.3 Å². The number of rotatable bonds is 4. The van der Waals surface area contributed by atoms with Gasteiger partial charge in [0.15, 0.2) is 10.8 Å². The van der Waals surface area contributed by atoms with E-state index in [9.17, 15) is 5.11 Å². The van der Waals surface area contributed by atoms with E-state index >= 15 is 0 Å². The Morgan fingerprint density at radius 3 is 2.87 bits per heavy atom. The third-order valence-electron chi connectivity index (χ3n) is 3.54. The smallest absolute Gasteiger partial charge is 0.213 e. The Kier molecular flexibility index (Phi) is 3.36. The van der Waals surface area contributed by atoms with Crippen LogP contribution in [0.5, 0.6) is 5.75 Å². The van der Waals surface area contributed by atoms with Crippen molar-refractivity contribution in [1.82, 2.24) is 14.6 Å². The molecule has 3 aromatic heterocycles. The topological polar surface area (TPSA) is 72.8 Å². The molecule has 0 aliphatic heterocycles. The molecule has 116 valence electrons. The van der Waals surface area contributed by atoms with Crippen molar-refractivity contribution >= 4 is 16.3 Å². The van der Waals surface area contributed by atoms with Gasteiger partial charge in [-0.05, 0) is 24.3 Å². The third kappa shape index (κ3) is 2.21. The fourth-order valence-electron chi connectivity index (χ4n) is 2.47. The Bertz CT molecular complexity index is 956. The molecule has 0 aliphatic carbocycles. The lowest BCUT2D eigenvalue weighted by Crippen LogP contribution is -1.96. The molecule has 3 heterocycles. The average Bonchev–Trinajstić information content (AvgIpc) is 3.29. The van der Waals surface area contributed by atoms with Crippen LogP contribution in [0.1, 0.15) is 5.69 Å². The first kappa shape index (κ1) is 14.0.